The van der Waals surface area contributed by atoms with Crippen molar-refractivity contribution in [2.24, 2.45) is 0 Å². The van der Waals surface area contributed by atoms with Crippen molar-refractivity contribution in [1.29, 1.82) is 0 Å². The number of carbonyl (C=O) groups excluding carboxylic acids is 1. The van der Waals surface area contributed by atoms with Gasteiger partial charge in [-0.1, -0.05) is 13.3 Å². The smallest absolute Gasteiger partial charge is 0.220 e. The second-order valence-electron chi connectivity index (χ2n) is 4.31. The van der Waals surface area contributed by atoms with E-state index in [4.69, 9.17) is 5.73 Å². The molecule has 0 aliphatic carbocycles. The van der Waals surface area contributed by atoms with E-state index in [1.165, 1.54) is 0 Å². The van der Waals surface area contributed by atoms with Crippen molar-refractivity contribution in [2.75, 3.05) is 24.1 Å². The molecule has 0 bridgehead atoms. The molecule has 0 aromatic carbocycles. The van der Waals surface area contributed by atoms with E-state index in [9.17, 15) is 4.79 Å². The summed E-state index contributed by atoms with van der Waals surface area (Å²) in [4.78, 5) is 15.5. The van der Waals surface area contributed by atoms with Gasteiger partial charge < -0.3 is 16.4 Å². The normalized spacial score (nSPS) is 10.1. The molecule has 18 heavy (non-hydrogen) atoms. The van der Waals surface area contributed by atoms with Gasteiger partial charge >= 0.3 is 0 Å². The van der Waals surface area contributed by atoms with Crippen LogP contribution in [0.5, 0.6) is 0 Å². The summed E-state index contributed by atoms with van der Waals surface area (Å²) in [5.74, 6) is 0.924. The minimum atomic E-state index is 0.112. The number of rotatable bonds is 7. The average molecular weight is 250 g/mol. The van der Waals surface area contributed by atoms with Gasteiger partial charge in [0.15, 0.2) is 0 Å². The third-order valence-electron chi connectivity index (χ3n) is 2.60. The summed E-state index contributed by atoms with van der Waals surface area (Å²) in [5, 5.41) is 6.03. The van der Waals surface area contributed by atoms with Crippen LogP contribution in [-0.4, -0.2) is 24.0 Å². The quantitative estimate of drug-likeness (QED) is 0.643. The van der Waals surface area contributed by atoms with Crippen LogP contribution in [0.15, 0.2) is 12.3 Å². The van der Waals surface area contributed by atoms with Crippen molar-refractivity contribution in [3.63, 3.8) is 0 Å². The first-order chi connectivity index (χ1) is 8.63. The zero-order chi connectivity index (χ0) is 13.4. The molecule has 4 N–H and O–H groups in total. The molecule has 0 aliphatic rings. The van der Waals surface area contributed by atoms with Gasteiger partial charge in [-0.05, 0) is 25.0 Å². The SMILES string of the molecule is CCCCC(=O)NCCNc1ncc(N)cc1C. The first-order valence-corrected chi connectivity index (χ1v) is 6.36. The van der Waals surface area contributed by atoms with Gasteiger partial charge in [-0.25, -0.2) is 4.98 Å². The third-order valence-corrected chi connectivity index (χ3v) is 2.60. The lowest BCUT2D eigenvalue weighted by Crippen LogP contribution is -2.28. The summed E-state index contributed by atoms with van der Waals surface area (Å²) in [6, 6.07) is 1.87. The Hall–Kier alpha value is -1.78. The Labute approximate surface area is 108 Å². The second-order valence-corrected chi connectivity index (χ2v) is 4.31. The summed E-state index contributed by atoms with van der Waals surface area (Å²) < 4.78 is 0. The summed E-state index contributed by atoms with van der Waals surface area (Å²) in [6.45, 7) is 5.29. The maximum atomic E-state index is 11.4. The molecule has 1 aromatic rings. The Morgan fingerprint density at radius 3 is 2.89 bits per heavy atom. The molecule has 1 rings (SSSR count). The van der Waals surface area contributed by atoms with Crippen LogP contribution in [0.1, 0.15) is 31.7 Å². The van der Waals surface area contributed by atoms with Crippen LogP contribution in [0.2, 0.25) is 0 Å². The molecule has 5 heteroatoms. The van der Waals surface area contributed by atoms with Gasteiger partial charge in [-0.3, -0.25) is 4.79 Å². The summed E-state index contributed by atoms with van der Waals surface area (Å²) in [5.41, 5.74) is 7.29. The van der Waals surface area contributed by atoms with E-state index < -0.39 is 0 Å². The molecule has 5 nitrogen and oxygen atoms in total. The number of pyridine rings is 1. The van der Waals surface area contributed by atoms with E-state index in [1.54, 1.807) is 6.20 Å². The number of nitrogens with two attached hydrogens (primary N) is 1. The number of unbranched alkanes of at least 4 members (excludes halogenated alkanes) is 1. The molecule has 0 spiro atoms. The van der Waals surface area contributed by atoms with Crippen molar-refractivity contribution < 1.29 is 4.79 Å². The predicted molar refractivity (Wildman–Crippen MR) is 74.4 cm³/mol. The number of nitrogens with zero attached hydrogens (tertiary/aromatic N) is 1. The fourth-order valence-electron chi connectivity index (χ4n) is 1.59. The van der Waals surface area contributed by atoms with Crippen LogP contribution in [0, 0.1) is 6.92 Å². The van der Waals surface area contributed by atoms with Crippen molar-refractivity contribution in [2.45, 2.75) is 33.1 Å². The van der Waals surface area contributed by atoms with Gasteiger partial charge in [0.1, 0.15) is 5.82 Å². The third kappa shape index (κ3) is 5.03. The zero-order valence-corrected chi connectivity index (χ0v) is 11.1. The molecule has 0 atom stereocenters. The topological polar surface area (TPSA) is 80.0 Å². The lowest BCUT2D eigenvalue weighted by atomic mass is 10.2. The Morgan fingerprint density at radius 1 is 1.44 bits per heavy atom. The van der Waals surface area contributed by atoms with Gasteiger partial charge in [0, 0.05) is 19.5 Å². The lowest BCUT2D eigenvalue weighted by Gasteiger charge is -2.09. The Balaban J connectivity index is 2.23. The lowest BCUT2D eigenvalue weighted by molar-refractivity contribution is -0.121. The first kappa shape index (κ1) is 14.3. The summed E-state index contributed by atoms with van der Waals surface area (Å²) in [6.07, 6.45) is 4.21. The number of amides is 1. The van der Waals surface area contributed by atoms with Crippen molar-refractivity contribution >= 4 is 17.4 Å². The van der Waals surface area contributed by atoms with Gasteiger partial charge in [0.05, 0.1) is 11.9 Å². The predicted octanol–water partition coefficient (Wildman–Crippen LogP) is 1.69. The highest BCUT2D eigenvalue weighted by Crippen LogP contribution is 2.12. The molecular formula is C13H22N4O. The molecule has 0 saturated heterocycles. The maximum absolute atomic E-state index is 11.4. The molecule has 0 saturated carbocycles. The number of aromatic nitrogens is 1. The number of carbonyl (C=O) groups is 1. The minimum Gasteiger partial charge on any atom is -0.397 e. The van der Waals surface area contributed by atoms with Crippen molar-refractivity contribution in [3.05, 3.63) is 17.8 Å². The fraction of sp³-hybridized carbons (Fsp3) is 0.538. The highest BCUT2D eigenvalue weighted by molar-refractivity contribution is 5.75. The maximum Gasteiger partial charge on any atom is 0.220 e. The van der Waals surface area contributed by atoms with Crippen LogP contribution in [0.3, 0.4) is 0 Å². The van der Waals surface area contributed by atoms with Crippen molar-refractivity contribution in [1.82, 2.24) is 10.3 Å². The van der Waals surface area contributed by atoms with Crippen LogP contribution in [-0.2, 0) is 4.79 Å². The summed E-state index contributed by atoms with van der Waals surface area (Å²) >= 11 is 0. The van der Waals surface area contributed by atoms with E-state index >= 15 is 0 Å². The highest BCUT2D eigenvalue weighted by atomic mass is 16.1. The fourth-order valence-corrected chi connectivity index (χ4v) is 1.59. The molecule has 0 fully saturated rings. The standard InChI is InChI=1S/C13H22N4O/c1-3-4-5-12(18)15-6-7-16-13-10(2)8-11(14)9-17-13/h8-9H,3-7,14H2,1-2H3,(H,15,18)(H,16,17). The molecule has 0 aliphatic heterocycles. The average Bonchev–Trinajstić information content (AvgIpc) is 2.34. The van der Waals surface area contributed by atoms with Crippen molar-refractivity contribution in [3.8, 4) is 0 Å². The minimum absolute atomic E-state index is 0.112. The van der Waals surface area contributed by atoms with Gasteiger partial charge in [-0.2, -0.15) is 0 Å². The Kier molecular flexibility index (Phi) is 5.97. The van der Waals surface area contributed by atoms with E-state index in [0.29, 0.717) is 25.2 Å². The van der Waals surface area contributed by atoms with E-state index in [-0.39, 0.29) is 5.91 Å². The van der Waals surface area contributed by atoms with E-state index in [2.05, 4.69) is 22.5 Å². The molecule has 1 aromatic heterocycles. The van der Waals surface area contributed by atoms with Crippen LogP contribution in [0.4, 0.5) is 11.5 Å². The molecule has 0 unspecified atom stereocenters. The number of hydrogen-bond acceptors (Lipinski definition) is 4. The van der Waals surface area contributed by atoms with Crippen LogP contribution >= 0.6 is 0 Å². The van der Waals surface area contributed by atoms with Crippen LogP contribution < -0.4 is 16.4 Å². The number of hydrogen-bond donors (Lipinski definition) is 3. The highest BCUT2D eigenvalue weighted by Gasteiger charge is 2.01. The molecule has 100 valence electrons. The Morgan fingerprint density at radius 2 is 2.22 bits per heavy atom. The Bertz CT molecular complexity index is 393. The number of nitrogen functional groups attached to an aromatic ring is 1. The molecule has 1 amide bonds. The molecule has 1 heterocycles. The molecular weight excluding hydrogens is 228 g/mol. The number of aryl methyl sites for hydroxylation is 1. The van der Waals surface area contributed by atoms with Gasteiger partial charge in [-0.15, -0.1) is 0 Å². The van der Waals surface area contributed by atoms with Crippen LogP contribution in [0.25, 0.3) is 0 Å². The first-order valence-electron chi connectivity index (χ1n) is 6.36. The molecule has 0 radical (unpaired) electrons. The zero-order valence-electron chi connectivity index (χ0n) is 11.1. The monoisotopic (exact) mass is 250 g/mol. The number of anilines is 2. The van der Waals surface area contributed by atoms with Gasteiger partial charge in [0.25, 0.3) is 0 Å². The number of nitrogens with one attached hydrogen (secondary N) is 2. The summed E-state index contributed by atoms with van der Waals surface area (Å²) in [7, 11) is 0. The largest absolute Gasteiger partial charge is 0.397 e. The van der Waals surface area contributed by atoms with E-state index in [0.717, 1.165) is 24.2 Å². The van der Waals surface area contributed by atoms with Gasteiger partial charge in [0.2, 0.25) is 5.91 Å². The second kappa shape index (κ2) is 7.53. The van der Waals surface area contributed by atoms with E-state index in [1.807, 2.05) is 13.0 Å².